The van der Waals surface area contributed by atoms with Crippen molar-refractivity contribution in [1.82, 2.24) is 14.9 Å². The minimum atomic E-state index is -1.37. The highest BCUT2D eigenvalue weighted by Gasteiger charge is 2.45. The number of imidazole rings is 1. The number of hydrogen-bond acceptors (Lipinski definition) is 8. The first-order valence-electron chi connectivity index (χ1n) is 15.9. The molecule has 0 bridgehead atoms. The van der Waals surface area contributed by atoms with E-state index >= 15 is 0 Å². The van der Waals surface area contributed by atoms with E-state index in [0.717, 1.165) is 43.3 Å². The average Bonchev–Trinajstić information content (AvgIpc) is 3.75. The van der Waals surface area contributed by atoms with Crippen molar-refractivity contribution in [2.24, 2.45) is 0 Å². The summed E-state index contributed by atoms with van der Waals surface area (Å²) in [7, 11) is 0. The number of carboxylic acid groups (broad SMARTS) is 1. The highest BCUT2D eigenvalue weighted by molar-refractivity contribution is 6.35. The van der Waals surface area contributed by atoms with Crippen LogP contribution in [0.3, 0.4) is 0 Å². The molecule has 4 aromatic rings. The molecule has 2 atom stereocenters. The van der Waals surface area contributed by atoms with Crippen LogP contribution in [0.1, 0.15) is 19.4 Å². The summed E-state index contributed by atoms with van der Waals surface area (Å²) >= 11 is 12.7. The highest BCUT2D eigenvalue weighted by Crippen LogP contribution is 2.40. The van der Waals surface area contributed by atoms with Crippen molar-refractivity contribution in [3.8, 4) is 5.75 Å². The van der Waals surface area contributed by atoms with E-state index in [1.165, 1.54) is 13.8 Å². The molecule has 2 fully saturated rings. The molecule has 0 radical (unpaired) electrons. The Morgan fingerprint density at radius 1 is 1.00 bits per heavy atom. The molecule has 12 nitrogen and oxygen atoms in total. The van der Waals surface area contributed by atoms with Crippen LogP contribution in [0.2, 0.25) is 10.0 Å². The van der Waals surface area contributed by atoms with Gasteiger partial charge in [-0.25, -0.2) is 14.6 Å². The van der Waals surface area contributed by atoms with Crippen molar-refractivity contribution in [3.63, 3.8) is 0 Å². The first kappa shape index (κ1) is 34.4. The van der Waals surface area contributed by atoms with Crippen molar-refractivity contribution in [3.05, 3.63) is 101 Å². The van der Waals surface area contributed by atoms with Crippen LogP contribution in [0.15, 0.2) is 85.5 Å². The lowest BCUT2D eigenvalue weighted by Crippen LogP contribution is -2.51. The second kappa shape index (κ2) is 14.6. The van der Waals surface area contributed by atoms with E-state index in [1.807, 2.05) is 53.2 Å². The van der Waals surface area contributed by atoms with Crippen molar-refractivity contribution >= 4 is 52.3 Å². The fourth-order valence-electron chi connectivity index (χ4n) is 5.80. The van der Waals surface area contributed by atoms with Gasteiger partial charge in [0.15, 0.2) is 0 Å². The lowest BCUT2D eigenvalue weighted by Gasteiger charge is -2.37. The largest absolute Gasteiger partial charge is 0.491 e. The van der Waals surface area contributed by atoms with Gasteiger partial charge in [-0.2, -0.15) is 0 Å². The molecular formula is C35H38Cl2N6O6. The van der Waals surface area contributed by atoms with Crippen LogP contribution >= 0.6 is 23.2 Å². The number of hydrogen-bond donors (Lipinski definition) is 3. The lowest BCUT2D eigenvalue weighted by atomic mass is 10.1. The number of aromatic nitrogens is 2. The van der Waals surface area contributed by atoms with E-state index in [1.54, 1.807) is 24.7 Å². The molecule has 0 spiro atoms. The number of carbonyl (C=O) groups is 2. The molecule has 3 aromatic carbocycles. The maximum atomic E-state index is 12.2. The Kier molecular flexibility index (Phi) is 10.2. The Labute approximate surface area is 294 Å². The summed E-state index contributed by atoms with van der Waals surface area (Å²) < 4.78 is 20.8. The molecular weight excluding hydrogens is 671 g/mol. The third kappa shape index (κ3) is 8.22. The van der Waals surface area contributed by atoms with Gasteiger partial charge < -0.3 is 44.3 Å². The Bertz CT molecular complexity index is 1750. The molecule has 258 valence electrons. The molecule has 3 N–H and O–H groups in total. The number of piperazine rings is 1. The molecule has 14 heteroatoms. The van der Waals surface area contributed by atoms with Gasteiger partial charge in [0.1, 0.15) is 24.0 Å². The first-order chi connectivity index (χ1) is 23.5. The predicted octanol–water partition coefficient (Wildman–Crippen LogP) is 5.85. The van der Waals surface area contributed by atoms with Crippen LogP contribution in [0, 0.1) is 0 Å². The molecule has 49 heavy (non-hydrogen) atoms. The first-order valence-corrected chi connectivity index (χ1v) is 16.6. The summed E-state index contributed by atoms with van der Waals surface area (Å²) in [5.74, 6) is -1.49. The van der Waals surface area contributed by atoms with Gasteiger partial charge in [-0.05, 0) is 74.5 Å². The minimum Gasteiger partial charge on any atom is -0.491 e. The molecule has 0 aliphatic carbocycles. The summed E-state index contributed by atoms with van der Waals surface area (Å²) in [6, 6.07) is 20.3. The SMILES string of the molecule is CC(C)(NC(=O)Nc1ccc(N2CCN(c3ccc(OC[C@@H]4CO[C@@](Cn5ccnc5)(c5ccc(Cl)cc5Cl)O4)cc3)CC2)cc1)C(=O)O. The van der Waals surface area contributed by atoms with Crippen LogP contribution < -0.4 is 25.2 Å². The molecule has 2 saturated heterocycles. The number of carboxylic acids is 1. The fourth-order valence-corrected chi connectivity index (χ4v) is 6.35. The van der Waals surface area contributed by atoms with Gasteiger partial charge in [0, 0.05) is 66.2 Å². The summed E-state index contributed by atoms with van der Waals surface area (Å²) in [6.07, 6.45) is 4.93. The van der Waals surface area contributed by atoms with Crippen molar-refractivity contribution in [2.45, 2.75) is 37.8 Å². The van der Waals surface area contributed by atoms with Gasteiger partial charge >= 0.3 is 12.0 Å². The van der Waals surface area contributed by atoms with Crippen LogP contribution in [-0.2, 0) is 26.6 Å². The third-order valence-corrected chi connectivity index (χ3v) is 9.07. The molecule has 1 aromatic heterocycles. The number of amides is 2. The zero-order chi connectivity index (χ0) is 34.6. The van der Waals surface area contributed by atoms with E-state index < -0.39 is 23.3 Å². The standard InChI is InChI=1S/C35H38Cl2N6O6/c1-34(2,32(44)45)40-33(46)39-25-4-6-26(7-5-25)42-15-17-43(18-16-42)27-8-10-28(11-9-27)47-20-29-21-48-35(49-29,22-41-14-13-38-23-41)30-12-3-24(36)19-31(30)37/h3-14,19,23,29H,15-18,20-22H2,1-2H3,(H,44,45)(H2,39,40,46)/t29-,35-/m1/s1. The number of benzene rings is 3. The quantitative estimate of drug-likeness (QED) is 0.176. The second-order valence-electron chi connectivity index (χ2n) is 12.5. The number of nitrogens with one attached hydrogen (secondary N) is 2. The van der Waals surface area contributed by atoms with E-state index in [2.05, 4.69) is 37.6 Å². The maximum absolute atomic E-state index is 12.2. The molecule has 0 unspecified atom stereocenters. The van der Waals surface area contributed by atoms with E-state index in [-0.39, 0.29) is 6.10 Å². The number of carbonyl (C=O) groups excluding carboxylic acids is 1. The minimum absolute atomic E-state index is 0.300. The second-order valence-corrected chi connectivity index (χ2v) is 13.3. The Hall–Kier alpha value is -4.49. The van der Waals surface area contributed by atoms with Gasteiger partial charge in [-0.3, -0.25) is 0 Å². The summed E-state index contributed by atoms with van der Waals surface area (Å²) in [5.41, 5.74) is 2.05. The monoisotopic (exact) mass is 708 g/mol. The fraction of sp³-hybridized carbons (Fsp3) is 0.343. The predicted molar refractivity (Wildman–Crippen MR) is 188 cm³/mol. The van der Waals surface area contributed by atoms with E-state index in [4.69, 9.17) is 37.4 Å². The van der Waals surface area contributed by atoms with Crippen LogP contribution in [0.4, 0.5) is 21.9 Å². The van der Waals surface area contributed by atoms with E-state index in [9.17, 15) is 14.7 Å². The number of halogens is 2. The van der Waals surface area contributed by atoms with Gasteiger partial charge in [0.05, 0.1) is 24.5 Å². The molecule has 2 aliphatic rings. The Balaban J connectivity index is 0.988. The summed E-state index contributed by atoms with van der Waals surface area (Å²) in [5, 5.41) is 15.3. The van der Waals surface area contributed by atoms with Crippen LogP contribution in [-0.4, -0.2) is 77.7 Å². The topological polar surface area (TPSA) is 130 Å². The zero-order valence-corrected chi connectivity index (χ0v) is 28.7. The van der Waals surface area contributed by atoms with Crippen LogP contribution in [0.5, 0.6) is 5.75 Å². The zero-order valence-electron chi connectivity index (χ0n) is 27.1. The van der Waals surface area contributed by atoms with Crippen LogP contribution in [0.25, 0.3) is 0 Å². The van der Waals surface area contributed by atoms with Gasteiger partial charge in [0.25, 0.3) is 0 Å². The summed E-state index contributed by atoms with van der Waals surface area (Å²) in [4.78, 5) is 32.2. The average molecular weight is 710 g/mol. The molecule has 3 heterocycles. The molecule has 0 saturated carbocycles. The van der Waals surface area contributed by atoms with E-state index in [0.29, 0.717) is 41.1 Å². The lowest BCUT2D eigenvalue weighted by molar-refractivity contribution is -0.189. The number of anilines is 3. The third-order valence-electron chi connectivity index (χ3n) is 8.52. The molecule has 6 rings (SSSR count). The smallest absolute Gasteiger partial charge is 0.328 e. The van der Waals surface area contributed by atoms with Crippen molar-refractivity contribution in [1.29, 1.82) is 0 Å². The van der Waals surface area contributed by atoms with Crippen molar-refractivity contribution < 1.29 is 28.9 Å². The normalized spacial score (nSPS) is 19.5. The Morgan fingerprint density at radius 3 is 2.24 bits per heavy atom. The molecule has 2 amide bonds. The number of urea groups is 1. The molecule has 2 aliphatic heterocycles. The van der Waals surface area contributed by atoms with Gasteiger partial charge in [0.2, 0.25) is 5.79 Å². The Morgan fingerprint density at radius 2 is 1.65 bits per heavy atom. The summed E-state index contributed by atoms with van der Waals surface area (Å²) in [6.45, 7) is 7.19. The number of aliphatic carboxylic acids is 1. The highest BCUT2D eigenvalue weighted by atomic mass is 35.5. The van der Waals surface area contributed by atoms with Gasteiger partial charge in [-0.15, -0.1) is 0 Å². The maximum Gasteiger partial charge on any atom is 0.328 e. The number of nitrogens with zero attached hydrogens (tertiary/aromatic N) is 4. The van der Waals surface area contributed by atoms with Crippen molar-refractivity contribution in [2.75, 3.05) is 54.5 Å². The number of rotatable bonds is 11. The number of ether oxygens (including phenoxy) is 3. The van der Waals surface area contributed by atoms with Gasteiger partial charge in [-0.1, -0.05) is 29.3 Å².